The number of nitrogens with zero attached hydrogens (tertiary/aromatic N) is 3. The highest BCUT2D eigenvalue weighted by Crippen LogP contribution is 2.47. The van der Waals surface area contributed by atoms with Crippen LogP contribution in [-0.4, -0.2) is 43.6 Å². The van der Waals surface area contributed by atoms with Crippen molar-refractivity contribution in [1.29, 1.82) is 0 Å². The van der Waals surface area contributed by atoms with Gasteiger partial charge in [0.1, 0.15) is 11.0 Å². The number of amides is 2. The zero-order chi connectivity index (χ0) is 14.3. The molecule has 0 saturated carbocycles. The molecule has 0 unspecified atom stereocenters. The summed E-state index contributed by atoms with van der Waals surface area (Å²) >= 11 is 3.07. The zero-order valence-electron chi connectivity index (χ0n) is 11.4. The first-order valence-corrected chi connectivity index (χ1v) is 8.43. The molecule has 2 atom stereocenters. The topological polar surface area (TPSA) is 75.2 Å². The molecule has 0 bridgehead atoms. The van der Waals surface area contributed by atoms with Gasteiger partial charge in [-0.2, -0.15) is 0 Å². The van der Waals surface area contributed by atoms with Crippen molar-refractivity contribution in [1.82, 2.24) is 15.1 Å². The minimum atomic E-state index is -0.394. The summed E-state index contributed by atoms with van der Waals surface area (Å²) in [6.07, 6.45) is 2.15. The van der Waals surface area contributed by atoms with Gasteiger partial charge in [0.25, 0.3) is 0 Å². The predicted molar refractivity (Wildman–Crippen MR) is 78.6 cm³/mol. The Morgan fingerprint density at radius 1 is 1.55 bits per heavy atom. The number of fused-ring (bicyclic) bond motifs is 1. The van der Waals surface area contributed by atoms with Crippen LogP contribution in [0.3, 0.4) is 0 Å². The molecule has 6 nitrogen and oxygen atoms in total. The van der Waals surface area contributed by atoms with Crippen molar-refractivity contribution in [2.75, 3.05) is 11.1 Å². The van der Waals surface area contributed by atoms with Crippen molar-refractivity contribution in [3.8, 4) is 0 Å². The van der Waals surface area contributed by atoms with Gasteiger partial charge in [-0.05, 0) is 19.8 Å². The number of aromatic nitrogens is 2. The summed E-state index contributed by atoms with van der Waals surface area (Å²) in [5.74, 6) is 0.562. The molecule has 3 rings (SSSR count). The summed E-state index contributed by atoms with van der Waals surface area (Å²) in [6, 6.07) is -0.394. The average Bonchev–Trinajstić information content (AvgIpc) is 3.07. The molecular weight excluding hydrogens is 296 g/mol. The Labute approximate surface area is 125 Å². The van der Waals surface area contributed by atoms with E-state index in [1.807, 2.05) is 13.8 Å². The van der Waals surface area contributed by atoms with E-state index in [1.165, 1.54) is 11.3 Å². The second-order valence-corrected chi connectivity index (χ2v) is 7.67. The fourth-order valence-electron chi connectivity index (χ4n) is 2.65. The van der Waals surface area contributed by atoms with Gasteiger partial charge in [0.2, 0.25) is 16.9 Å². The van der Waals surface area contributed by atoms with Gasteiger partial charge >= 0.3 is 0 Å². The molecule has 0 spiro atoms. The second-order valence-electron chi connectivity index (χ2n) is 5.11. The van der Waals surface area contributed by atoms with E-state index in [-0.39, 0.29) is 16.7 Å². The maximum atomic E-state index is 12.4. The summed E-state index contributed by atoms with van der Waals surface area (Å²) in [7, 11) is 0. The highest BCUT2D eigenvalue weighted by Gasteiger charge is 2.52. The lowest BCUT2D eigenvalue weighted by atomic mass is 10.2. The summed E-state index contributed by atoms with van der Waals surface area (Å²) < 4.78 is 0. The normalized spacial score (nSPS) is 28.8. The Morgan fingerprint density at radius 2 is 2.35 bits per heavy atom. The minimum Gasteiger partial charge on any atom is -0.315 e. The maximum absolute atomic E-state index is 12.4. The van der Waals surface area contributed by atoms with E-state index in [2.05, 4.69) is 15.5 Å². The van der Waals surface area contributed by atoms with Crippen LogP contribution in [-0.2, 0) is 16.0 Å². The SMILES string of the molecule is CCc1nnc(NC(=O)[C@H]2CS[C@]3(C)CCC(=O)N23)s1. The average molecular weight is 312 g/mol. The van der Waals surface area contributed by atoms with Gasteiger partial charge in [-0.3, -0.25) is 14.9 Å². The van der Waals surface area contributed by atoms with Crippen LogP contribution in [0, 0.1) is 0 Å². The fourth-order valence-corrected chi connectivity index (χ4v) is 4.76. The van der Waals surface area contributed by atoms with E-state index in [4.69, 9.17) is 0 Å². The lowest BCUT2D eigenvalue weighted by molar-refractivity contribution is -0.135. The third kappa shape index (κ3) is 2.20. The van der Waals surface area contributed by atoms with Crippen LogP contribution in [0.25, 0.3) is 0 Å². The molecular formula is C12H16N4O2S2. The molecule has 1 aromatic rings. The number of nitrogens with one attached hydrogen (secondary N) is 1. The summed E-state index contributed by atoms with van der Waals surface area (Å²) in [4.78, 5) is 25.9. The molecule has 0 aromatic carbocycles. The van der Waals surface area contributed by atoms with Gasteiger partial charge in [-0.15, -0.1) is 22.0 Å². The second kappa shape index (κ2) is 5.00. The van der Waals surface area contributed by atoms with Crippen LogP contribution >= 0.6 is 23.1 Å². The molecule has 1 N–H and O–H groups in total. The molecule has 2 aliphatic heterocycles. The van der Waals surface area contributed by atoms with Crippen LogP contribution in [0.4, 0.5) is 5.13 Å². The molecule has 2 aliphatic rings. The predicted octanol–water partition coefficient (Wildman–Crippen LogP) is 1.49. The van der Waals surface area contributed by atoms with Gasteiger partial charge in [-0.1, -0.05) is 18.3 Å². The number of hydrogen-bond donors (Lipinski definition) is 1. The fraction of sp³-hybridized carbons (Fsp3) is 0.667. The lowest BCUT2D eigenvalue weighted by Gasteiger charge is -2.29. The molecule has 0 radical (unpaired) electrons. The van der Waals surface area contributed by atoms with E-state index in [1.54, 1.807) is 16.7 Å². The van der Waals surface area contributed by atoms with Crippen molar-refractivity contribution in [3.63, 3.8) is 0 Å². The molecule has 8 heteroatoms. The molecule has 3 heterocycles. The van der Waals surface area contributed by atoms with Gasteiger partial charge in [-0.25, -0.2) is 0 Å². The van der Waals surface area contributed by atoms with E-state index in [9.17, 15) is 9.59 Å². The Morgan fingerprint density at radius 3 is 3.05 bits per heavy atom. The first kappa shape index (κ1) is 13.8. The van der Waals surface area contributed by atoms with Gasteiger partial charge in [0.15, 0.2) is 0 Å². The Hall–Kier alpha value is -1.15. The number of hydrogen-bond acceptors (Lipinski definition) is 6. The third-order valence-corrected chi connectivity index (χ3v) is 6.24. The molecule has 1 aromatic heterocycles. The van der Waals surface area contributed by atoms with Crippen LogP contribution in [0.2, 0.25) is 0 Å². The minimum absolute atomic E-state index is 0.0733. The molecule has 20 heavy (non-hydrogen) atoms. The first-order valence-electron chi connectivity index (χ1n) is 6.63. The maximum Gasteiger partial charge on any atom is 0.249 e. The number of thioether (sulfide) groups is 1. The lowest BCUT2D eigenvalue weighted by Crippen LogP contribution is -2.48. The molecule has 2 fully saturated rings. The van der Waals surface area contributed by atoms with E-state index in [0.717, 1.165) is 17.8 Å². The number of carbonyl (C=O) groups is 2. The largest absolute Gasteiger partial charge is 0.315 e. The summed E-state index contributed by atoms with van der Waals surface area (Å²) in [5, 5.41) is 12.1. The van der Waals surface area contributed by atoms with Crippen LogP contribution in [0.1, 0.15) is 31.7 Å². The van der Waals surface area contributed by atoms with E-state index >= 15 is 0 Å². The van der Waals surface area contributed by atoms with Crippen LogP contribution < -0.4 is 5.32 Å². The zero-order valence-corrected chi connectivity index (χ0v) is 13.0. The summed E-state index contributed by atoms with van der Waals surface area (Å²) in [6.45, 7) is 4.03. The smallest absolute Gasteiger partial charge is 0.249 e. The van der Waals surface area contributed by atoms with Gasteiger partial charge < -0.3 is 4.90 Å². The van der Waals surface area contributed by atoms with E-state index < -0.39 is 6.04 Å². The molecule has 2 amide bonds. The van der Waals surface area contributed by atoms with Gasteiger partial charge in [0.05, 0.1) is 4.87 Å². The van der Waals surface area contributed by atoms with Gasteiger partial charge in [0, 0.05) is 12.2 Å². The van der Waals surface area contributed by atoms with Crippen molar-refractivity contribution in [2.24, 2.45) is 0 Å². The molecule has 2 saturated heterocycles. The van der Waals surface area contributed by atoms with Crippen molar-refractivity contribution < 1.29 is 9.59 Å². The number of aryl methyl sites for hydroxylation is 1. The Kier molecular flexibility index (Phi) is 3.45. The molecule has 0 aliphatic carbocycles. The number of anilines is 1. The van der Waals surface area contributed by atoms with Crippen molar-refractivity contribution in [3.05, 3.63) is 5.01 Å². The van der Waals surface area contributed by atoms with Crippen molar-refractivity contribution in [2.45, 2.75) is 44.0 Å². The first-order chi connectivity index (χ1) is 9.53. The van der Waals surface area contributed by atoms with E-state index in [0.29, 0.717) is 17.3 Å². The van der Waals surface area contributed by atoms with Crippen LogP contribution in [0.5, 0.6) is 0 Å². The highest BCUT2D eigenvalue weighted by atomic mass is 32.2. The Bertz CT molecular complexity index is 561. The third-order valence-electron chi connectivity index (χ3n) is 3.75. The molecule has 108 valence electrons. The number of rotatable bonds is 3. The highest BCUT2D eigenvalue weighted by molar-refractivity contribution is 8.01. The summed E-state index contributed by atoms with van der Waals surface area (Å²) in [5.41, 5.74) is 0. The standard InChI is InChI=1S/C12H16N4O2S2/c1-3-8-14-15-11(20-8)13-10(18)7-6-19-12(2)5-4-9(17)16(7)12/h7H,3-6H2,1-2H3,(H,13,15,18)/t7-,12-/m1/s1. The van der Waals surface area contributed by atoms with Crippen LogP contribution in [0.15, 0.2) is 0 Å². The Balaban J connectivity index is 1.73. The quantitative estimate of drug-likeness (QED) is 0.915. The number of carbonyl (C=O) groups excluding carboxylic acids is 2. The van der Waals surface area contributed by atoms with Crippen molar-refractivity contribution >= 4 is 40.0 Å². The monoisotopic (exact) mass is 312 g/mol.